The molecule has 2 unspecified atom stereocenters. The molecule has 3 N–H and O–H groups in total. The molecule has 2 atom stereocenters. The third kappa shape index (κ3) is 46.5. The lowest BCUT2D eigenvalue weighted by Gasteiger charge is -2.19. The minimum Gasteiger partial charge on any atom is -0.394 e. The van der Waals surface area contributed by atoms with Crippen LogP contribution < -0.4 is 5.32 Å². The zero-order chi connectivity index (χ0) is 42.8. The molecule has 0 aliphatic heterocycles. The number of aliphatic hydroxyl groups excluding tert-OH is 2. The fourth-order valence-corrected chi connectivity index (χ4v) is 7.26. The van der Waals surface area contributed by atoms with Gasteiger partial charge in [-0.25, -0.2) is 0 Å². The summed E-state index contributed by atoms with van der Waals surface area (Å²) >= 11 is 0. The fourth-order valence-electron chi connectivity index (χ4n) is 7.26. The van der Waals surface area contributed by atoms with Crippen molar-refractivity contribution in [3.63, 3.8) is 0 Å². The number of hydrogen-bond donors (Lipinski definition) is 3. The Balaban J connectivity index is 3.60. The van der Waals surface area contributed by atoms with Crippen molar-refractivity contribution in [1.82, 2.24) is 5.32 Å². The van der Waals surface area contributed by atoms with Gasteiger partial charge < -0.3 is 15.5 Å². The van der Waals surface area contributed by atoms with E-state index in [0.29, 0.717) is 6.42 Å². The number of rotatable bonds is 45. The predicted molar refractivity (Wildman–Crippen MR) is 262 cm³/mol. The molecule has 4 heteroatoms. The lowest BCUT2D eigenvalue weighted by molar-refractivity contribution is -0.123. The topological polar surface area (TPSA) is 69.6 Å². The second kappa shape index (κ2) is 49.9. The molecule has 1 amide bonds. The summed E-state index contributed by atoms with van der Waals surface area (Å²) < 4.78 is 0. The summed E-state index contributed by atoms with van der Waals surface area (Å²) in [7, 11) is 0. The third-order valence-electron chi connectivity index (χ3n) is 11.1. The maximum atomic E-state index is 12.4. The van der Waals surface area contributed by atoms with E-state index < -0.39 is 12.1 Å². The Hall–Kier alpha value is -2.43. The molecule has 0 aliphatic rings. The van der Waals surface area contributed by atoms with E-state index in [-0.39, 0.29) is 12.5 Å². The zero-order valence-electron chi connectivity index (χ0n) is 39.0. The first-order valence-electron chi connectivity index (χ1n) is 25.3. The van der Waals surface area contributed by atoms with Gasteiger partial charge in [0.2, 0.25) is 5.91 Å². The molecule has 0 radical (unpaired) electrons. The average Bonchev–Trinajstić information content (AvgIpc) is 3.24. The number of amides is 1. The third-order valence-corrected chi connectivity index (χ3v) is 11.1. The van der Waals surface area contributed by atoms with Crippen molar-refractivity contribution < 1.29 is 15.0 Å². The van der Waals surface area contributed by atoms with Crippen LogP contribution in [0.1, 0.15) is 239 Å². The van der Waals surface area contributed by atoms with Crippen LogP contribution in [0.3, 0.4) is 0 Å². The van der Waals surface area contributed by atoms with E-state index in [4.69, 9.17) is 0 Å². The highest BCUT2D eigenvalue weighted by molar-refractivity contribution is 5.76. The Bertz CT molecular complexity index is 1070. The van der Waals surface area contributed by atoms with Crippen molar-refractivity contribution in [2.75, 3.05) is 6.61 Å². The highest BCUT2D eigenvalue weighted by Crippen LogP contribution is 2.16. The first-order valence-corrected chi connectivity index (χ1v) is 25.3. The first-order chi connectivity index (χ1) is 29.2. The Morgan fingerprint density at radius 1 is 0.424 bits per heavy atom. The van der Waals surface area contributed by atoms with Crippen LogP contribution in [0, 0.1) is 0 Å². The largest absolute Gasteiger partial charge is 0.394 e. The Morgan fingerprint density at radius 3 is 1.19 bits per heavy atom. The van der Waals surface area contributed by atoms with Crippen LogP contribution in [0.5, 0.6) is 0 Å². The van der Waals surface area contributed by atoms with Crippen molar-refractivity contribution in [1.29, 1.82) is 0 Å². The van der Waals surface area contributed by atoms with Crippen molar-refractivity contribution in [3.8, 4) is 0 Å². The lowest BCUT2D eigenvalue weighted by atomic mass is 10.0. The molecule has 0 spiro atoms. The number of carbonyl (C=O) groups excluding carboxylic acids is 1. The highest BCUT2D eigenvalue weighted by Gasteiger charge is 2.17. The molecular formula is C55H97NO3. The number of nitrogens with one attached hydrogen (secondary N) is 1. The van der Waals surface area contributed by atoms with Crippen LogP contribution in [-0.4, -0.2) is 34.9 Å². The van der Waals surface area contributed by atoms with Gasteiger partial charge in [-0.3, -0.25) is 4.79 Å². The fraction of sp³-hybridized carbons (Fsp3) is 0.727. The van der Waals surface area contributed by atoms with Gasteiger partial charge in [-0.15, -0.1) is 0 Å². The standard InChI is InChI=1S/C55H97NO3/c1-3-5-7-9-11-13-15-17-19-20-21-22-23-24-25-26-27-28-29-30-31-32-33-34-35-37-38-40-42-44-46-48-50-54(58)53(52-57)56-55(59)51-49-47-45-43-41-39-36-18-16-14-12-10-8-6-4-2/h6,8,12,14,18,34-36,40-43,48,50,53-54,57-58H,3-5,7,9-11,13,15-17,19-33,37-39,44-47,49,51-52H2,1-2H3,(H,56,59)/b8-6-,14-12-,35-34+,36-18-,42-40+,43-41-,50-48+. The van der Waals surface area contributed by atoms with Gasteiger partial charge in [-0.05, 0) is 83.5 Å². The normalized spacial score (nSPS) is 13.6. The van der Waals surface area contributed by atoms with Crippen LogP contribution in [0.2, 0.25) is 0 Å². The summed E-state index contributed by atoms with van der Waals surface area (Å²) in [6.07, 6.45) is 73.1. The summed E-state index contributed by atoms with van der Waals surface area (Å²) in [5.74, 6) is -0.121. The van der Waals surface area contributed by atoms with Gasteiger partial charge in [0.05, 0.1) is 18.8 Å². The van der Waals surface area contributed by atoms with E-state index in [1.165, 1.54) is 148 Å². The van der Waals surface area contributed by atoms with Crippen LogP contribution in [0.15, 0.2) is 85.1 Å². The Kier molecular flexibility index (Phi) is 47.9. The Labute approximate surface area is 367 Å². The molecular weight excluding hydrogens is 723 g/mol. The average molecular weight is 820 g/mol. The van der Waals surface area contributed by atoms with Gasteiger partial charge in [-0.2, -0.15) is 0 Å². The SMILES string of the molecule is CC/C=C\C/C=C\C/C=C\C/C=C\CCCCC(=O)NC(CO)C(O)/C=C/CC/C=C/CC/C=C/CCCCCCCCCCCCCCCCCCCCCCCC. The van der Waals surface area contributed by atoms with Crippen molar-refractivity contribution >= 4 is 5.91 Å². The summed E-state index contributed by atoms with van der Waals surface area (Å²) in [6.45, 7) is 4.16. The van der Waals surface area contributed by atoms with E-state index in [9.17, 15) is 15.0 Å². The number of hydrogen-bond acceptors (Lipinski definition) is 3. The molecule has 0 rings (SSSR count). The van der Waals surface area contributed by atoms with E-state index >= 15 is 0 Å². The summed E-state index contributed by atoms with van der Waals surface area (Å²) in [5.41, 5.74) is 0. The van der Waals surface area contributed by atoms with Crippen molar-refractivity contribution in [2.24, 2.45) is 0 Å². The second-order valence-corrected chi connectivity index (χ2v) is 16.8. The quantitative estimate of drug-likeness (QED) is 0.0423. The van der Waals surface area contributed by atoms with Crippen molar-refractivity contribution in [3.05, 3.63) is 85.1 Å². The molecule has 340 valence electrons. The number of allylic oxidation sites excluding steroid dienone is 13. The molecule has 4 nitrogen and oxygen atoms in total. The number of aliphatic hydroxyl groups is 2. The maximum absolute atomic E-state index is 12.4. The monoisotopic (exact) mass is 820 g/mol. The molecule has 0 bridgehead atoms. The second-order valence-electron chi connectivity index (χ2n) is 16.8. The molecule has 0 saturated carbocycles. The Morgan fingerprint density at radius 2 is 0.763 bits per heavy atom. The van der Waals surface area contributed by atoms with Gasteiger partial charge in [-0.1, -0.05) is 234 Å². The predicted octanol–water partition coefficient (Wildman–Crippen LogP) is 16.4. The van der Waals surface area contributed by atoms with Crippen LogP contribution in [0.25, 0.3) is 0 Å². The molecule has 59 heavy (non-hydrogen) atoms. The van der Waals surface area contributed by atoms with E-state index in [1.807, 2.05) is 6.08 Å². The van der Waals surface area contributed by atoms with Gasteiger partial charge in [0.1, 0.15) is 0 Å². The smallest absolute Gasteiger partial charge is 0.220 e. The number of carbonyl (C=O) groups is 1. The van der Waals surface area contributed by atoms with E-state index in [0.717, 1.165) is 70.6 Å². The van der Waals surface area contributed by atoms with E-state index in [2.05, 4.69) is 92.1 Å². The number of unbranched alkanes of at least 4 members (excludes halogenated alkanes) is 26. The highest BCUT2D eigenvalue weighted by atomic mass is 16.3. The van der Waals surface area contributed by atoms with Gasteiger partial charge in [0.25, 0.3) is 0 Å². The molecule has 0 saturated heterocycles. The summed E-state index contributed by atoms with van der Waals surface area (Å²) in [5, 5.41) is 23.0. The molecule has 0 aromatic carbocycles. The molecule has 0 heterocycles. The van der Waals surface area contributed by atoms with E-state index in [1.54, 1.807) is 6.08 Å². The minimum atomic E-state index is -0.893. The lowest BCUT2D eigenvalue weighted by Crippen LogP contribution is -2.45. The summed E-state index contributed by atoms with van der Waals surface area (Å²) in [6, 6.07) is -0.672. The minimum absolute atomic E-state index is 0.121. The van der Waals surface area contributed by atoms with Gasteiger partial charge in [0, 0.05) is 6.42 Å². The van der Waals surface area contributed by atoms with Gasteiger partial charge in [0.15, 0.2) is 0 Å². The molecule has 0 fully saturated rings. The maximum Gasteiger partial charge on any atom is 0.220 e. The van der Waals surface area contributed by atoms with Crippen LogP contribution in [-0.2, 0) is 4.79 Å². The molecule has 0 aromatic rings. The van der Waals surface area contributed by atoms with Crippen molar-refractivity contribution in [2.45, 2.75) is 251 Å². The van der Waals surface area contributed by atoms with Crippen LogP contribution in [0.4, 0.5) is 0 Å². The molecule has 0 aromatic heterocycles. The van der Waals surface area contributed by atoms with Crippen LogP contribution >= 0.6 is 0 Å². The molecule has 0 aliphatic carbocycles. The zero-order valence-corrected chi connectivity index (χ0v) is 39.0. The summed E-state index contributed by atoms with van der Waals surface area (Å²) in [4.78, 5) is 12.4. The van der Waals surface area contributed by atoms with Gasteiger partial charge >= 0.3 is 0 Å². The first kappa shape index (κ1) is 56.6.